The van der Waals surface area contributed by atoms with Gasteiger partial charge in [0, 0.05) is 19.7 Å². The van der Waals surface area contributed by atoms with Gasteiger partial charge in [0.15, 0.2) is 0 Å². The van der Waals surface area contributed by atoms with E-state index in [9.17, 15) is 8.42 Å². The van der Waals surface area contributed by atoms with Gasteiger partial charge in [-0.15, -0.1) is 0 Å². The van der Waals surface area contributed by atoms with Gasteiger partial charge in [-0.2, -0.15) is 0 Å². The highest BCUT2D eigenvalue weighted by Crippen LogP contribution is 2.34. The average Bonchev–Trinajstić information content (AvgIpc) is 3.05. The molecule has 0 aromatic heterocycles. The molecule has 0 amide bonds. The molecule has 0 spiro atoms. The second kappa shape index (κ2) is 5.54. The van der Waals surface area contributed by atoms with Crippen molar-refractivity contribution in [2.75, 3.05) is 25.4 Å². The fourth-order valence-corrected chi connectivity index (χ4v) is 5.14. The molecule has 2 aliphatic heterocycles. The van der Waals surface area contributed by atoms with Crippen molar-refractivity contribution in [2.24, 2.45) is 11.8 Å². The first-order valence-corrected chi connectivity index (χ1v) is 9.00. The van der Waals surface area contributed by atoms with Crippen LogP contribution in [0.25, 0.3) is 0 Å². The number of hydrogen-bond acceptors (Lipinski definition) is 3. The van der Waals surface area contributed by atoms with Crippen molar-refractivity contribution in [1.29, 1.82) is 0 Å². The minimum Gasteiger partial charge on any atom is -0.378 e. The summed E-state index contributed by atoms with van der Waals surface area (Å²) in [5.41, 5.74) is 0. The number of nitrogens with zero attached hydrogens (tertiary/aromatic N) is 1. The Morgan fingerprint density at radius 2 is 1.84 bits per heavy atom. The maximum absolute atomic E-state index is 12.4. The molecular weight excluding hydrogens is 262 g/mol. The van der Waals surface area contributed by atoms with E-state index >= 15 is 0 Å². The van der Waals surface area contributed by atoms with E-state index in [0.29, 0.717) is 18.3 Å². The number of fused-ring (bicyclic) bond motifs is 1. The van der Waals surface area contributed by atoms with Crippen LogP contribution >= 0.6 is 0 Å². The molecule has 0 bridgehead atoms. The normalized spacial score (nSPS) is 35.7. The van der Waals surface area contributed by atoms with Crippen LogP contribution in [0, 0.1) is 11.8 Å². The van der Waals surface area contributed by atoms with Gasteiger partial charge in [-0.05, 0) is 43.9 Å². The Bertz CT molecular complexity index is 424. The van der Waals surface area contributed by atoms with E-state index in [1.54, 1.807) is 4.31 Å². The van der Waals surface area contributed by atoms with E-state index in [4.69, 9.17) is 4.74 Å². The summed E-state index contributed by atoms with van der Waals surface area (Å²) in [4.78, 5) is 0. The van der Waals surface area contributed by atoms with Crippen LogP contribution < -0.4 is 0 Å². The lowest BCUT2D eigenvalue weighted by Crippen LogP contribution is -2.32. The van der Waals surface area contributed by atoms with Crippen LogP contribution in [-0.2, 0) is 14.8 Å². The van der Waals surface area contributed by atoms with Crippen LogP contribution in [0.15, 0.2) is 12.2 Å². The summed E-state index contributed by atoms with van der Waals surface area (Å²) in [7, 11) is -3.08. The lowest BCUT2D eigenvalue weighted by molar-refractivity contribution is 0.108. The molecule has 108 valence electrons. The first-order valence-electron chi connectivity index (χ1n) is 7.39. The molecule has 0 N–H and O–H groups in total. The summed E-state index contributed by atoms with van der Waals surface area (Å²) >= 11 is 0. The van der Waals surface area contributed by atoms with Crippen LogP contribution in [0.1, 0.15) is 32.1 Å². The van der Waals surface area contributed by atoms with Gasteiger partial charge >= 0.3 is 0 Å². The van der Waals surface area contributed by atoms with Crippen molar-refractivity contribution in [1.82, 2.24) is 4.31 Å². The third kappa shape index (κ3) is 3.03. The molecule has 19 heavy (non-hydrogen) atoms. The van der Waals surface area contributed by atoms with E-state index in [1.807, 2.05) is 0 Å². The molecule has 5 heteroatoms. The van der Waals surface area contributed by atoms with Gasteiger partial charge in [-0.3, -0.25) is 0 Å². The number of allylic oxidation sites excluding steroid dienone is 2. The molecule has 0 radical (unpaired) electrons. The molecule has 0 aromatic rings. The zero-order chi connectivity index (χ0) is 13.3. The zero-order valence-electron chi connectivity index (χ0n) is 11.3. The van der Waals surface area contributed by atoms with Crippen LogP contribution in [0.2, 0.25) is 0 Å². The Morgan fingerprint density at radius 1 is 1.16 bits per heavy atom. The van der Waals surface area contributed by atoms with Gasteiger partial charge < -0.3 is 4.74 Å². The monoisotopic (exact) mass is 285 g/mol. The number of hydrogen-bond donors (Lipinski definition) is 0. The molecule has 0 saturated carbocycles. The third-order valence-corrected chi connectivity index (χ3v) is 6.54. The summed E-state index contributed by atoms with van der Waals surface area (Å²) in [5.74, 6) is 1.34. The minimum atomic E-state index is -3.08. The van der Waals surface area contributed by atoms with Gasteiger partial charge in [-0.1, -0.05) is 12.2 Å². The predicted octanol–water partition coefficient (Wildman–Crippen LogP) is 1.78. The van der Waals surface area contributed by atoms with Gasteiger partial charge in [0.2, 0.25) is 10.0 Å². The van der Waals surface area contributed by atoms with E-state index < -0.39 is 10.0 Å². The van der Waals surface area contributed by atoms with Crippen LogP contribution in [0.5, 0.6) is 0 Å². The molecule has 3 unspecified atom stereocenters. The highest BCUT2D eigenvalue weighted by Gasteiger charge is 2.38. The zero-order valence-corrected chi connectivity index (χ0v) is 12.1. The molecule has 3 aliphatic rings. The topological polar surface area (TPSA) is 46.6 Å². The molecule has 0 aromatic carbocycles. The molecule has 3 atom stereocenters. The number of sulfonamides is 1. The first-order chi connectivity index (χ1) is 9.15. The second-order valence-corrected chi connectivity index (χ2v) is 8.11. The smallest absolute Gasteiger partial charge is 0.214 e. The fourth-order valence-electron chi connectivity index (χ4n) is 3.48. The summed E-state index contributed by atoms with van der Waals surface area (Å²) in [6.07, 6.45) is 9.40. The quantitative estimate of drug-likeness (QED) is 0.740. The van der Waals surface area contributed by atoms with Crippen LogP contribution in [0.4, 0.5) is 0 Å². The van der Waals surface area contributed by atoms with Crippen molar-refractivity contribution in [3.05, 3.63) is 12.2 Å². The first kappa shape index (κ1) is 13.6. The fraction of sp³-hybridized carbons (Fsp3) is 0.857. The van der Waals surface area contributed by atoms with Gasteiger partial charge in [0.1, 0.15) is 0 Å². The summed E-state index contributed by atoms with van der Waals surface area (Å²) < 4.78 is 32.0. The van der Waals surface area contributed by atoms with Crippen molar-refractivity contribution < 1.29 is 13.2 Å². The molecule has 2 fully saturated rings. The molecule has 4 nitrogen and oxygen atoms in total. The SMILES string of the molecule is O=S(=O)(CCC1CCCO1)N1CC2CC=CCC2C1. The molecule has 2 heterocycles. The maximum Gasteiger partial charge on any atom is 0.214 e. The van der Waals surface area contributed by atoms with Crippen molar-refractivity contribution >= 4 is 10.0 Å². The van der Waals surface area contributed by atoms with Gasteiger partial charge in [0.05, 0.1) is 11.9 Å². The van der Waals surface area contributed by atoms with E-state index in [-0.39, 0.29) is 11.9 Å². The summed E-state index contributed by atoms with van der Waals surface area (Å²) in [6, 6.07) is 0. The third-order valence-electron chi connectivity index (χ3n) is 4.70. The number of rotatable bonds is 4. The summed E-state index contributed by atoms with van der Waals surface area (Å²) in [6.45, 7) is 2.25. The summed E-state index contributed by atoms with van der Waals surface area (Å²) in [5, 5.41) is 0. The molecule has 3 rings (SSSR count). The Kier molecular flexibility index (Phi) is 3.96. The minimum absolute atomic E-state index is 0.168. The molecule has 1 aliphatic carbocycles. The van der Waals surface area contributed by atoms with E-state index in [0.717, 1.165) is 45.4 Å². The second-order valence-electron chi connectivity index (χ2n) is 6.02. The van der Waals surface area contributed by atoms with Gasteiger partial charge in [-0.25, -0.2) is 12.7 Å². The Balaban J connectivity index is 1.55. The van der Waals surface area contributed by atoms with Crippen molar-refractivity contribution in [3.63, 3.8) is 0 Å². The highest BCUT2D eigenvalue weighted by molar-refractivity contribution is 7.89. The van der Waals surface area contributed by atoms with Crippen molar-refractivity contribution in [2.45, 2.75) is 38.2 Å². The van der Waals surface area contributed by atoms with E-state index in [2.05, 4.69) is 12.2 Å². The van der Waals surface area contributed by atoms with Gasteiger partial charge in [0.25, 0.3) is 0 Å². The Hall–Kier alpha value is -0.390. The maximum atomic E-state index is 12.4. The van der Waals surface area contributed by atoms with Crippen LogP contribution in [-0.4, -0.2) is 44.3 Å². The van der Waals surface area contributed by atoms with E-state index in [1.165, 1.54) is 0 Å². The standard InChI is InChI=1S/C14H23NO3S/c16-19(17,9-7-14-6-3-8-18-14)15-10-12-4-1-2-5-13(12)11-15/h1-2,12-14H,3-11H2. The molecular formula is C14H23NO3S. The number of ether oxygens (including phenoxy) is 1. The lowest BCUT2D eigenvalue weighted by Gasteiger charge is -2.18. The highest BCUT2D eigenvalue weighted by atomic mass is 32.2. The molecule has 2 saturated heterocycles. The lowest BCUT2D eigenvalue weighted by atomic mass is 9.86. The predicted molar refractivity (Wildman–Crippen MR) is 74.3 cm³/mol. The Labute approximate surface area is 115 Å². The largest absolute Gasteiger partial charge is 0.378 e. The Morgan fingerprint density at radius 3 is 2.42 bits per heavy atom. The average molecular weight is 285 g/mol. The van der Waals surface area contributed by atoms with Crippen molar-refractivity contribution in [3.8, 4) is 0 Å². The van der Waals surface area contributed by atoms with Crippen LogP contribution in [0.3, 0.4) is 0 Å².